The molecule has 1 N–H and O–H groups in total. The van der Waals surface area contributed by atoms with E-state index in [0.717, 1.165) is 22.5 Å². The lowest BCUT2D eigenvalue weighted by Crippen LogP contribution is -2.39. The van der Waals surface area contributed by atoms with Crippen molar-refractivity contribution in [3.63, 3.8) is 0 Å². The van der Waals surface area contributed by atoms with Crippen molar-refractivity contribution in [3.8, 4) is 11.5 Å². The first-order chi connectivity index (χ1) is 13.8. The average Bonchev–Trinajstić information content (AvgIpc) is 2.71. The molecule has 0 bridgehead atoms. The summed E-state index contributed by atoms with van der Waals surface area (Å²) in [6, 6.07) is 12.2. The number of aryl methyl sites for hydroxylation is 1. The van der Waals surface area contributed by atoms with Gasteiger partial charge in [0.05, 0.1) is 32.4 Å². The number of hydrogen-bond acceptors (Lipinski definition) is 6. The minimum atomic E-state index is -3.64. The SMILES string of the molecule is CCc1ccc(N(CC(=O)N/N=C\c2ccc(OC)cc2OC)S(C)(=O)=O)cc1. The van der Waals surface area contributed by atoms with E-state index in [1.807, 2.05) is 19.1 Å². The zero-order chi connectivity index (χ0) is 21.4. The minimum Gasteiger partial charge on any atom is -0.497 e. The molecule has 0 aliphatic rings. The summed E-state index contributed by atoms with van der Waals surface area (Å²) >= 11 is 0. The molecule has 0 aliphatic carbocycles. The molecule has 0 aliphatic heterocycles. The van der Waals surface area contributed by atoms with Crippen molar-refractivity contribution in [2.45, 2.75) is 13.3 Å². The van der Waals surface area contributed by atoms with Crippen LogP contribution in [-0.2, 0) is 21.2 Å². The number of hydrazone groups is 1. The van der Waals surface area contributed by atoms with Crippen molar-refractivity contribution in [3.05, 3.63) is 53.6 Å². The fourth-order valence-corrected chi connectivity index (χ4v) is 3.42. The number of nitrogens with one attached hydrogen (secondary N) is 1. The third-order valence-electron chi connectivity index (χ3n) is 4.15. The van der Waals surface area contributed by atoms with Gasteiger partial charge in [0.15, 0.2) is 0 Å². The molecule has 0 atom stereocenters. The van der Waals surface area contributed by atoms with E-state index >= 15 is 0 Å². The number of nitrogens with zero attached hydrogens (tertiary/aromatic N) is 2. The monoisotopic (exact) mass is 419 g/mol. The largest absolute Gasteiger partial charge is 0.497 e. The fraction of sp³-hybridized carbons (Fsp3) is 0.300. The van der Waals surface area contributed by atoms with E-state index in [1.165, 1.54) is 13.3 Å². The molecule has 0 saturated carbocycles. The number of sulfonamides is 1. The van der Waals surface area contributed by atoms with Crippen molar-refractivity contribution in [2.75, 3.05) is 31.3 Å². The van der Waals surface area contributed by atoms with Gasteiger partial charge in [-0.15, -0.1) is 0 Å². The van der Waals surface area contributed by atoms with Crippen LogP contribution in [0.4, 0.5) is 5.69 Å². The average molecular weight is 420 g/mol. The molecule has 0 spiro atoms. The lowest BCUT2D eigenvalue weighted by Gasteiger charge is -2.21. The molecule has 0 saturated heterocycles. The Morgan fingerprint density at radius 1 is 1.14 bits per heavy atom. The van der Waals surface area contributed by atoms with Crippen molar-refractivity contribution in [1.82, 2.24) is 5.43 Å². The van der Waals surface area contributed by atoms with Gasteiger partial charge in [-0.05, 0) is 36.2 Å². The van der Waals surface area contributed by atoms with Crippen LogP contribution < -0.4 is 19.2 Å². The molecule has 2 aromatic rings. The number of anilines is 1. The van der Waals surface area contributed by atoms with Gasteiger partial charge < -0.3 is 9.47 Å². The van der Waals surface area contributed by atoms with Crippen LogP contribution in [0.1, 0.15) is 18.1 Å². The topological polar surface area (TPSA) is 97.3 Å². The van der Waals surface area contributed by atoms with Gasteiger partial charge in [0, 0.05) is 11.6 Å². The Morgan fingerprint density at radius 3 is 2.38 bits per heavy atom. The molecule has 29 heavy (non-hydrogen) atoms. The molecule has 2 aromatic carbocycles. The highest BCUT2D eigenvalue weighted by atomic mass is 32.2. The number of carbonyl (C=O) groups is 1. The van der Waals surface area contributed by atoms with E-state index in [1.54, 1.807) is 37.4 Å². The lowest BCUT2D eigenvalue weighted by molar-refractivity contribution is -0.119. The number of methoxy groups -OCH3 is 2. The standard InChI is InChI=1S/C20H25N3O5S/c1-5-15-6-9-17(10-7-15)23(29(4,25)26)14-20(24)22-21-13-16-8-11-18(27-2)12-19(16)28-3/h6-13H,5,14H2,1-4H3,(H,22,24)/b21-13-. The van der Waals surface area contributed by atoms with E-state index in [2.05, 4.69) is 10.5 Å². The summed E-state index contributed by atoms with van der Waals surface area (Å²) in [5.41, 5.74) is 4.46. The summed E-state index contributed by atoms with van der Waals surface area (Å²) in [7, 11) is -0.581. The summed E-state index contributed by atoms with van der Waals surface area (Å²) in [6.07, 6.45) is 3.31. The van der Waals surface area contributed by atoms with Gasteiger partial charge in [0.1, 0.15) is 18.0 Å². The molecule has 0 heterocycles. The van der Waals surface area contributed by atoms with Crippen molar-refractivity contribution >= 4 is 27.8 Å². The lowest BCUT2D eigenvalue weighted by atomic mass is 10.1. The van der Waals surface area contributed by atoms with Gasteiger partial charge in [0.2, 0.25) is 10.0 Å². The van der Waals surface area contributed by atoms with Crippen LogP contribution in [0.25, 0.3) is 0 Å². The predicted molar refractivity (Wildman–Crippen MR) is 113 cm³/mol. The fourth-order valence-electron chi connectivity index (χ4n) is 2.56. The molecular formula is C20H25N3O5S. The van der Waals surface area contributed by atoms with Crippen LogP contribution >= 0.6 is 0 Å². The maximum Gasteiger partial charge on any atom is 0.260 e. The zero-order valence-electron chi connectivity index (χ0n) is 16.9. The third kappa shape index (κ3) is 6.21. The second-order valence-corrected chi connectivity index (χ2v) is 8.10. The zero-order valence-corrected chi connectivity index (χ0v) is 17.7. The van der Waals surface area contributed by atoms with E-state index in [4.69, 9.17) is 9.47 Å². The Balaban J connectivity index is 2.09. The Bertz CT molecular complexity index is 972. The molecule has 0 unspecified atom stereocenters. The van der Waals surface area contributed by atoms with Crippen LogP contribution in [0.2, 0.25) is 0 Å². The highest BCUT2D eigenvalue weighted by Crippen LogP contribution is 2.23. The molecule has 156 valence electrons. The molecule has 9 heteroatoms. The van der Waals surface area contributed by atoms with Crippen molar-refractivity contribution in [2.24, 2.45) is 5.10 Å². The summed E-state index contributed by atoms with van der Waals surface area (Å²) in [4.78, 5) is 12.3. The Morgan fingerprint density at radius 2 is 1.83 bits per heavy atom. The highest BCUT2D eigenvalue weighted by Gasteiger charge is 2.20. The van der Waals surface area contributed by atoms with Crippen LogP contribution in [0.3, 0.4) is 0 Å². The summed E-state index contributed by atoms with van der Waals surface area (Å²) in [6.45, 7) is 1.62. The maximum atomic E-state index is 12.3. The number of benzene rings is 2. The molecular weight excluding hydrogens is 394 g/mol. The van der Waals surface area contributed by atoms with Crippen LogP contribution in [0.15, 0.2) is 47.6 Å². The summed E-state index contributed by atoms with van der Waals surface area (Å²) in [5.74, 6) is 0.579. The summed E-state index contributed by atoms with van der Waals surface area (Å²) < 4.78 is 35.7. The van der Waals surface area contributed by atoms with Crippen molar-refractivity contribution < 1.29 is 22.7 Å². The number of rotatable bonds is 9. The number of carbonyl (C=O) groups excluding carboxylic acids is 1. The molecule has 0 radical (unpaired) electrons. The molecule has 0 aromatic heterocycles. The van der Waals surface area contributed by atoms with Crippen molar-refractivity contribution in [1.29, 1.82) is 0 Å². The first kappa shape index (κ1) is 22.2. The number of ether oxygens (including phenoxy) is 2. The minimum absolute atomic E-state index is 0.388. The van der Waals surface area contributed by atoms with Crippen LogP contribution in [0, 0.1) is 0 Å². The van der Waals surface area contributed by atoms with Gasteiger partial charge in [-0.2, -0.15) is 5.10 Å². The Kier molecular flexibility index (Phi) is 7.60. The first-order valence-corrected chi connectivity index (χ1v) is 10.7. The second kappa shape index (κ2) is 9.92. The quantitative estimate of drug-likeness (QED) is 0.496. The van der Waals surface area contributed by atoms with Crippen LogP contribution in [0.5, 0.6) is 11.5 Å². The molecule has 0 fully saturated rings. The van der Waals surface area contributed by atoms with Gasteiger partial charge in [0.25, 0.3) is 5.91 Å². The summed E-state index contributed by atoms with van der Waals surface area (Å²) in [5, 5.41) is 3.89. The number of hydrogen-bond donors (Lipinski definition) is 1. The van der Waals surface area contributed by atoms with E-state index in [-0.39, 0.29) is 6.54 Å². The molecule has 2 rings (SSSR count). The third-order valence-corrected chi connectivity index (χ3v) is 5.29. The molecule has 1 amide bonds. The van der Waals surface area contributed by atoms with E-state index < -0.39 is 15.9 Å². The maximum absolute atomic E-state index is 12.3. The number of amides is 1. The van der Waals surface area contributed by atoms with Gasteiger partial charge >= 0.3 is 0 Å². The van der Waals surface area contributed by atoms with Gasteiger partial charge in [-0.25, -0.2) is 13.8 Å². The highest BCUT2D eigenvalue weighted by molar-refractivity contribution is 7.92. The smallest absolute Gasteiger partial charge is 0.260 e. The van der Waals surface area contributed by atoms with E-state index in [9.17, 15) is 13.2 Å². The Hall–Kier alpha value is -3.07. The van der Waals surface area contributed by atoms with E-state index in [0.29, 0.717) is 22.7 Å². The van der Waals surface area contributed by atoms with Gasteiger partial charge in [-0.1, -0.05) is 19.1 Å². The van der Waals surface area contributed by atoms with Crippen LogP contribution in [-0.4, -0.2) is 47.6 Å². The second-order valence-electron chi connectivity index (χ2n) is 6.19. The predicted octanol–water partition coefficient (Wildman–Crippen LogP) is 2.18. The Labute approximate surface area is 171 Å². The first-order valence-electron chi connectivity index (χ1n) is 8.89. The van der Waals surface area contributed by atoms with Gasteiger partial charge in [-0.3, -0.25) is 9.10 Å². The normalized spacial score (nSPS) is 11.3. The molecule has 8 nitrogen and oxygen atoms in total.